The maximum Gasteiger partial charge on any atom is 0.209 e. The van der Waals surface area contributed by atoms with Crippen LogP contribution in [0.15, 0.2) is 23.5 Å². The third-order valence-corrected chi connectivity index (χ3v) is 2.92. The molecular formula is C8H10N6S. The third-order valence-electron chi connectivity index (χ3n) is 1.86. The van der Waals surface area contributed by atoms with Crippen molar-refractivity contribution in [2.75, 3.05) is 5.73 Å². The van der Waals surface area contributed by atoms with Crippen LogP contribution in [0.1, 0.15) is 5.56 Å². The van der Waals surface area contributed by atoms with Gasteiger partial charge in [0.15, 0.2) is 0 Å². The molecule has 2 aromatic heterocycles. The number of aromatic nitrogens is 5. The lowest BCUT2D eigenvalue weighted by molar-refractivity contribution is 0.664. The summed E-state index contributed by atoms with van der Waals surface area (Å²) in [5.74, 6) is 1.27. The quantitative estimate of drug-likeness (QED) is 0.760. The molecule has 2 N–H and O–H groups in total. The van der Waals surface area contributed by atoms with E-state index in [1.54, 1.807) is 17.9 Å². The molecule has 0 radical (unpaired) electrons. The Morgan fingerprint density at radius 3 is 3.07 bits per heavy atom. The second-order valence-electron chi connectivity index (χ2n) is 2.92. The molecule has 78 valence electrons. The van der Waals surface area contributed by atoms with Crippen molar-refractivity contribution >= 4 is 17.6 Å². The normalized spacial score (nSPS) is 10.5. The van der Waals surface area contributed by atoms with E-state index in [4.69, 9.17) is 5.73 Å². The van der Waals surface area contributed by atoms with Gasteiger partial charge in [0, 0.05) is 24.6 Å². The fourth-order valence-corrected chi connectivity index (χ4v) is 1.90. The fraction of sp³-hybridized carbons (Fsp3) is 0.250. The highest BCUT2D eigenvalue weighted by Crippen LogP contribution is 2.21. The van der Waals surface area contributed by atoms with E-state index in [1.165, 1.54) is 11.8 Å². The van der Waals surface area contributed by atoms with Gasteiger partial charge in [0.25, 0.3) is 0 Å². The number of aryl methyl sites for hydroxylation is 1. The highest BCUT2D eigenvalue weighted by atomic mass is 32.2. The molecular weight excluding hydrogens is 212 g/mol. The van der Waals surface area contributed by atoms with Crippen molar-refractivity contribution in [1.29, 1.82) is 0 Å². The van der Waals surface area contributed by atoms with Crippen molar-refractivity contribution in [2.24, 2.45) is 7.05 Å². The zero-order chi connectivity index (χ0) is 10.7. The van der Waals surface area contributed by atoms with Gasteiger partial charge in [0.1, 0.15) is 5.82 Å². The summed E-state index contributed by atoms with van der Waals surface area (Å²) in [5, 5.41) is 11.9. The number of nitrogens with two attached hydrogens (primary N) is 1. The first-order valence-corrected chi connectivity index (χ1v) is 5.30. The first kappa shape index (κ1) is 9.91. The summed E-state index contributed by atoms with van der Waals surface area (Å²) in [5.41, 5.74) is 6.71. The van der Waals surface area contributed by atoms with E-state index in [0.29, 0.717) is 11.6 Å². The van der Waals surface area contributed by atoms with Crippen molar-refractivity contribution in [3.05, 3.63) is 23.9 Å². The van der Waals surface area contributed by atoms with Gasteiger partial charge >= 0.3 is 0 Å². The molecule has 2 rings (SSSR count). The number of tetrazole rings is 1. The molecule has 0 fully saturated rings. The summed E-state index contributed by atoms with van der Waals surface area (Å²) in [6, 6.07) is 3.81. The fourth-order valence-electron chi connectivity index (χ4n) is 1.06. The molecule has 7 heteroatoms. The van der Waals surface area contributed by atoms with Crippen molar-refractivity contribution in [2.45, 2.75) is 10.9 Å². The van der Waals surface area contributed by atoms with E-state index in [9.17, 15) is 0 Å². The second-order valence-corrected chi connectivity index (χ2v) is 3.86. The minimum atomic E-state index is 0.556. The molecule has 0 amide bonds. The number of hydrogen-bond donors (Lipinski definition) is 1. The Kier molecular flexibility index (Phi) is 2.82. The largest absolute Gasteiger partial charge is 0.383 e. The average molecular weight is 222 g/mol. The molecule has 0 unspecified atom stereocenters. The molecule has 0 aliphatic carbocycles. The van der Waals surface area contributed by atoms with Crippen molar-refractivity contribution in [1.82, 2.24) is 25.2 Å². The number of hydrogen-bond acceptors (Lipinski definition) is 6. The Balaban J connectivity index is 2.06. The van der Waals surface area contributed by atoms with Gasteiger partial charge in [-0.05, 0) is 16.5 Å². The van der Waals surface area contributed by atoms with Crippen molar-refractivity contribution < 1.29 is 0 Å². The third kappa shape index (κ3) is 2.24. The minimum Gasteiger partial charge on any atom is -0.383 e. The van der Waals surface area contributed by atoms with Crippen LogP contribution in [0.2, 0.25) is 0 Å². The van der Waals surface area contributed by atoms with E-state index in [0.717, 1.165) is 10.7 Å². The lowest BCUT2D eigenvalue weighted by atomic mass is 10.3. The highest BCUT2D eigenvalue weighted by molar-refractivity contribution is 7.98. The minimum absolute atomic E-state index is 0.556. The number of nitrogen functional groups attached to an aromatic ring is 1. The summed E-state index contributed by atoms with van der Waals surface area (Å²) in [7, 11) is 1.80. The smallest absolute Gasteiger partial charge is 0.209 e. The first-order valence-electron chi connectivity index (χ1n) is 4.32. The topological polar surface area (TPSA) is 82.5 Å². The number of pyridine rings is 1. The lowest BCUT2D eigenvalue weighted by Gasteiger charge is -2.02. The zero-order valence-corrected chi connectivity index (χ0v) is 8.98. The lowest BCUT2D eigenvalue weighted by Crippen LogP contribution is -1.97. The maximum absolute atomic E-state index is 5.72. The summed E-state index contributed by atoms with van der Waals surface area (Å²) in [4.78, 5) is 4.01. The van der Waals surface area contributed by atoms with Gasteiger partial charge in [-0.2, -0.15) is 0 Å². The summed E-state index contributed by atoms with van der Waals surface area (Å²) >= 11 is 1.53. The van der Waals surface area contributed by atoms with Crippen LogP contribution in [0.3, 0.4) is 0 Å². The van der Waals surface area contributed by atoms with E-state index in [2.05, 4.69) is 20.5 Å². The van der Waals surface area contributed by atoms with Crippen LogP contribution in [-0.2, 0) is 12.8 Å². The summed E-state index contributed by atoms with van der Waals surface area (Å²) in [6.45, 7) is 0. The van der Waals surface area contributed by atoms with Gasteiger partial charge in [0.05, 0.1) is 0 Å². The monoisotopic (exact) mass is 222 g/mol. The number of nitrogens with zero attached hydrogens (tertiary/aromatic N) is 5. The van der Waals surface area contributed by atoms with Crippen LogP contribution in [-0.4, -0.2) is 25.2 Å². The van der Waals surface area contributed by atoms with Gasteiger partial charge in [-0.15, -0.1) is 5.10 Å². The van der Waals surface area contributed by atoms with E-state index >= 15 is 0 Å². The SMILES string of the molecule is Cn1nnnc1SCc1cccnc1N. The van der Waals surface area contributed by atoms with Crippen LogP contribution in [0.25, 0.3) is 0 Å². The van der Waals surface area contributed by atoms with E-state index in [1.807, 2.05) is 12.1 Å². The molecule has 2 aromatic rings. The molecule has 0 aliphatic heterocycles. The first-order chi connectivity index (χ1) is 7.27. The predicted octanol–water partition coefficient (Wildman–Crippen LogP) is 0.480. The van der Waals surface area contributed by atoms with Gasteiger partial charge in [0.2, 0.25) is 5.16 Å². The van der Waals surface area contributed by atoms with E-state index in [-0.39, 0.29) is 0 Å². The molecule has 6 nitrogen and oxygen atoms in total. The molecule has 0 aromatic carbocycles. The molecule has 0 aliphatic rings. The molecule has 2 heterocycles. The Morgan fingerprint density at radius 2 is 2.40 bits per heavy atom. The Morgan fingerprint density at radius 1 is 1.53 bits per heavy atom. The summed E-state index contributed by atoms with van der Waals surface area (Å²) in [6.07, 6.45) is 1.67. The zero-order valence-electron chi connectivity index (χ0n) is 8.16. The van der Waals surface area contributed by atoms with Gasteiger partial charge in [-0.3, -0.25) is 0 Å². The van der Waals surface area contributed by atoms with Crippen molar-refractivity contribution in [3.8, 4) is 0 Å². The van der Waals surface area contributed by atoms with Crippen LogP contribution in [0, 0.1) is 0 Å². The van der Waals surface area contributed by atoms with Gasteiger partial charge in [-0.1, -0.05) is 17.8 Å². The average Bonchev–Trinajstić information content (AvgIpc) is 2.63. The molecule has 0 atom stereocenters. The van der Waals surface area contributed by atoms with Gasteiger partial charge in [-0.25, -0.2) is 9.67 Å². The molecule has 0 saturated heterocycles. The van der Waals surface area contributed by atoms with Crippen LogP contribution < -0.4 is 5.73 Å². The standard InChI is InChI=1S/C8H10N6S/c1-14-8(11-12-13-14)15-5-6-3-2-4-10-7(6)9/h2-4H,5H2,1H3,(H2,9,10). The maximum atomic E-state index is 5.72. The predicted molar refractivity (Wildman–Crippen MR) is 57.0 cm³/mol. The Labute approximate surface area is 90.9 Å². The molecule has 0 spiro atoms. The van der Waals surface area contributed by atoms with Crippen LogP contribution >= 0.6 is 11.8 Å². The van der Waals surface area contributed by atoms with Crippen molar-refractivity contribution in [3.63, 3.8) is 0 Å². The van der Waals surface area contributed by atoms with E-state index < -0.39 is 0 Å². The second kappa shape index (κ2) is 4.26. The van der Waals surface area contributed by atoms with Crippen LogP contribution in [0.5, 0.6) is 0 Å². The Hall–Kier alpha value is -1.63. The number of thioether (sulfide) groups is 1. The highest BCUT2D eigenvalue weighted by Gasteiger charge is 2.05. The molecule has 0 saturated carbocycles. The molecule has 15 heavy (non-hydrogen) atoms. The summed E-state index contributed by atoms with van der Waals surface area (Å²) < 4.78 is 1.62. The number of rotatable bonds is 3. The molecule has 0 bridgehead atoms. The van der Waals surface area contributed by atoms with Gasteiger partial charge < -0.3 is 5.73 Å². The Bertz CT molecular complexity index is 454. The number of anilines is 1. The van der Waals surface area contributed by atoms with Crippen LogP contribution in [0.4, 0.5) is 5.82 Å².